The minimum Gasteiger partial charge on any atom is -0.480 e. The standard InChI is InChI=1S/C16H16N2O3/c19-14(20)10-18(9-11-5-6-11)16(21)15-13-4-2-1-3-12(13)7-8-17-15/h1-4,7-8,11H,5-6,9-10H2,(H,19,20). The highest BCUT2D eigenvalue weighted by Crippen LogP contribution is 2.30. The highest BCUT2D eigenvalue weighted by Gasteiger charge is 2.29. The summed E-state index contributed by atoms with van der Waals surface area (Å²) >= 11 is 0. The molecule has 1 aliphatic carbocycles. The number of carbonyl (C=O) groups excluding carboxylic acids is 1. The van der Waals surface area contributed by atoms with Gasteiger partial charge in [-0.2, -0.15) is 0 Å². The molecular formula is C16H16N2O3. The second-order valence-corrected chi connectivity index (χ2v) is 5.40. The van der Waals surface area contributed by atoms with Crippen molar-refractivity contribution in [1.29, 1.82) is 0 Å². The van der Waals surface area contributed by atoms with Crippen LogP contribution in [0.25, 0.3) is 10.8 Å². The molecule has 0 saturated heterocycles. The molecule has 2 aromatic rings. The van der Waals surface area contributed by atoms with Crippen LogP contribution in [-0.2, 0) is 4.79 Å². The molecule has 0 atom stereocenters. The first-order valence-corrected chi connectivity index (χ1v) is 7.00. The summed E-state index contributed by atoms with van der Waals surface area (Å²) in [5.74, 6) is -0.867. The Morgan fingerprint density at radius 1 is 1.24 bits per heavy atom. The molecule has 1 aromatic carbocycles. The van der Waals surface area contributed by atoms with Crippen molar-refractivity contribution in [3.8, 4) is 0 Å². The lowest BCUT2D eigenvalue weighted by atomic mass is 10.1. The molecule has 1 aliphatic rings. The zero-order valence-electron chi connectivity index (χ0n) is 11.5. The van der Waals surface area contributed by atoms with Crippen LogP contribution in [0, 0.1) is 5.92 Å². The normalized spacial score (nSPS) is 14.1. The Labute approximate surface area is 122 Å². The summed E-state index contributed by atoms with van der Waals surface area (Å²) in [6.45, 7) is 0.219. The van der Waals surface area contributed by atoms with Crippen LogP contribution >= 0.6 is 0 Å². The highest BCUT2D eigenvalue weighted by atomic mass is 16.4. The molecule has 0 unspecified atom stereocenters. The molecule has 1 aromatic heterocycles. The van der Waals surface area contributed by atoms with E-state index in [1.165, 1.54) is 4.90 Å². The van der Waals surface area contributed by atoms with Crippen molar-refractivity contribution in [2.45, 2.75) is 12.8 Å². The minimum atomic E-state index is -0.996. The first-order chi connectivity index (χ1) is 10.1. The van der Waals surface area contributed by atoms with Gasteiger partial charge < -0.3 is 10.0 Å². The number of hydrogen-bond acceptors (Lipinski definition) is 3. The lowest BCUT2D eigenvalue weighted by molar-refractivity contribution is -0.137. The molecule has 1 amide bonds. The van der Waals surface area contributed by atoms with Gasteiger partial charge in [-0.3, -0.25) is 14.6 Å². The predicted octanol–water partition coefficient (Wildman–Crippen LogP) is 2.17. The molecule has 0 bridgehead atoms. The average molecular weight is 284 g/mol. The van der Waals surface area contributed by atoms with E-state index in [9.17, 15) is 9.59 Å². The van der Waals surface area contributed by atoms with Crippen LogP contribution < -0.4 is 0 Å². The molecule has 108 valence electrons. The number of amides is 1. The number of carboxylic acids is 1. The maximum Gasteiger partial charge on any atom is 0.323 e. The van der Waals surface area contributed by atoms with Crippen molar-refractivity contribution in [2.75, 3.05) is 13.1 Å². The number of hydrogen-bond donors (Lipinski definition) is 1. The van der Waals surface area contributed by atoms with E-state index < -0.39 is 5.97 Å². The van der Waals surface area contributed by atoms with Gasteiger partial charge in [-0.05, 0) is 30.2 Å². The van der Waals surface area contributed by atoms with E-state index in [-0.39, 0.29) is 12.5 Å². The second-order valence-electron chi connectivity index (χ2n) is 5.40. The van der Waals surface area contributed by atoms with Gasteiger partial charge in [0.1, 0.15) is 12.2 Å². The van der Waals surface area contributed by atoms with Crippen LogP contribution in [0.15, 0.2) is 36.5 Å². The minimum absolute atomic E-state index is 0.278. The molecule has 1 N–H and O–H groups in total. The summed E-state index contributed by atoms with van der Waals surface area (Å²) in [6.07, 6.45) is 3.71. The maximum atomic E-state index is 12.7. The van der Waals surface area contributed by atoms with Gasteiger partial charge in [0.15, 0.2) is 0 Å². The third-order valence-corrected chi connectivity index (χ3v) is 3.67. The Hall–Kier alpha value is -2.43. The summed E-state index contributed by atoms with van der Waals surface area (Å²) in [5.41, 5.74) is 0.329. The lowest BCUT2D eigenvalue weighted by Gasteiger charge is -2.20. The second kappa shape index (κ2) is 5.52. The van der Waals surface area contributed by atoms with E-state index in [0.29, 0.717) is 18.2 Å². The van der Waals surface area contributed by atoms with Gasteiger partial charge in [0.05, 0.1) is 0 Å². The molecule has 3 rings (SSSR count). The predicted molar refractivity (Wildman–Crippen MR) is 78.0 cm³/mol. The average Bonchev–Trinajstić information content (AvgIpc) is 3.29. The van der Waals surface area contributed by atoms with Gasteiger partial charge in [-0.1, -0.05) is 24.3 Å². The molecule has 0 radical (unpaired) electrons. The number of pyridine rings is 1. The summed E-state index contributed by atoms with van der Waals surface area (Å²) in [6, 6.07) is 9.34. The van der Waals surface area contributed by atoms with E-state index in [1.54, 1.807) is 6.20 Å². The van der Waals surface area contributed by atoms with Gasteiger partial charge in [0.2, 0.25) is 0 Å². The van der Waals surface area contributed by atoms with E-state index in [4.69, 9.17) is 5.11 Å². The first-order valence-electron chi connectivity index (χ1n) is 7.00. The third kappa shape index (κ3) is 3.02. The van der Waals surface area contributed by atoms with Crippen molar-refractivity contribution in [2.24, 2.45) is 5.92 Å². The SMILES string of the molecule is O=C(O)CN(CC1CC1)C(=O)c1nccc2ccccc12. The van der Waals surface area contributed by atoms with Crippen LogP contribution in [-0.4, -0.2) is 40.0 Å². The third-order valence-electron chi connectivity index (χ3n) is 3.67. The van der Waals surface area contributed by atoms with Crippen molar-refractivity contribution < 1.29 is 14.7 Å². The highest BCUT2D eigenvalue weighted by molar-refractivity contribution is 6.05. The fourth-order valence-corrected chi connectivity index (χ4v) is 2.43. The van der Waals surface area contributed by atoms with Gasteiger partial charge in [0.25, 0.3) is 5.91 Å². The van der Waals surface area contributed by atoms with E-state index in [0.717, 1.165) is 23.6 Å². The van der Waals surface area contributed by atoms with Crippen LogP contribution in [0.1, 0.15) is 23.3 Å². The van der Waals surface area contributed by atoms with Crippen LogP contribution in [0.5, 0.6) is 0 Å². The number of benzene rings is 1. The molecule has 1 saturated carbocycles. The Kier molecular flexibility index (Phi) is 3.56. The zero-order valence-corrected chi connectivity index (χ0v) is 11.5. The number of carboxylic acid groups (broad SMARTS) is 1. The van der Waals surface area contributed by atoms with Crippen molar-refractivity contribution in [3.63, 3.8) is 0 Å². The van der Waals surface area contributed by atoms with Crippen molar-refractivity contribution >= 4 is 22.6 Å². The lowest BCUT2D eigenvalue weighted by Crippen LogP contribution is -2.37. The monoisotopic (exact) mass is 284 g/mol. The van der Waals surface area contributed by atoms with E-state index in [2.05, 4.69) is 4.98 Å². The van der Waals surface area contributed by atoms with Crippen molar-refractivity contribution in [1.82, 2.24) is 9.88 Å². The van der Waals surface area contributed by atoms with Crippen LogP contribution in [0.2, 0.25) is 0 Å². The van der Waals surface area contributed by atoms with Gasteiger partial charge >= 0.3 is 5.97 Å². The Bertz CT molecular complexity index is 689. The molecule has 0 aliphatic heterocycles. The topological polar surface area (TPSA) is 70.5 Å². The van der Waals surface area contributed by atoms with Gasteiger partial charge in [-0.15, -0.1) is 0 Å². The van der Waals surface area contributed by atoms with E-state index >= 15 is 0 Å². The number of aromatic nitrogens is 1. The molecule has 21 heavy (non-hydrogen) atoms. The number of rotatable bonds is 5. The summed E-state index contributed by atoms with van der Waals surface area (Å²) < 4.78 is 0. The Balaban J connectivity index is 1.94. The van der Waals surface area contributed by atoms with Gasteiger partial charge in [-0.25, -0.2) is 0 Å². The first kappa shape index (κ1) is 13.5. The molecule has 1 fully saturated rings. The largest absolute Gasteiger partial charge is 0.480 e. The molecule has 0 spiro atoms. The van der Waals surface area contributed by atoms with Crippen LogP contribution in [0.3, 0.4) is 0 Å². The summed E-state index contributed by atoms with van der Waals surface area (Å²) in [4.78, 5) is 29.2. The number of aliphatic carboxylic acids is 1. The molecule has 5 heteroatoms. The van der Waals surface area contributed by atoms with E-state index in [1.807, 2.05) is 30.3 Å². The van der Waals surface area contributed by atoms with Gasteiger partial charge in [0, 0.05) is 18.1 Å². The zero-order chi connectivity index (χ0) is 14.8. The Morgan fingerprint density at radius 2 is 2.00 bits per heavy atom. The smallest absolute Gasteiger partial charge is 0.323 e. The summed E-state index contributed by atoms with van der Waals surface area (Å²) in [5, 5.41) is 10.7. The Morgan fingerprint density at radius 3 is 2.71 bits per heavy atom. The molecule has 1 heterocycles. The summed E-state index contributed by atoms with van der Waals surface area (Å²) in [7, 11) is 0. The maximum absolute atomic E-state index is 12.7. The molecule has 5 nitrogen and oxygen atoms in total. The number of carbonyl (C=O) groups is 2. The quantitative estimate of drug-likeness (QED) is 0.913. The number of fused-ring (bicyclic) bond motifs is 1. The molecular weight excluding hydrogens is 268 g/mol. The van der Waals surface area contributed by atoms with Crippen molar-refractivity contribution in [3.05, 3.63) is 42.2 Å². The number of nitrogens with zero attached hydrogens (tertiary/aromatic N) is 2. The van der Waals surface area contributed by atoms with Crippen LogP contribution in [0.4, 0.5) is 0 Å². The fraction of sp³-hybridized carbons (Fsp3) is 0.312. The fourth-order valence-electron chi connectivity index (χ4n) is 2.43.